The molecule has 3 aromatic rings. The maximum absolute atomic E-state index is 13.3. The Morgan fingerprint density at radius 1 is 0.742 bits per heavy atom. The Morgan fingerprint density at radius 3 is 1.71 bits per heavy atom. The van der Waals surface area contributed by atoms with Gasteiger partial charge in [0.05, 0.1) is 25.9 Å². The molecule has 0 aliphatic carbocycles. The van der Waals surface area contributed by atoms with Crippen LogP contribution in [0.15, 0.2) is 97.1 Å². The van der Waals surface area contributed by atoms with Crippen molar-refractivity contribution in [3.8, 4) is 0 Å². The fraction of sp³-hybridized carbons (Fsp3) is 0.200. The monoisotopic (exact) mass is 438 g/mol. The number of phosphoric ester groups is 1. The highest BCUT2D eigenvalue weighted by molar-refractivity contribution is 7.48. The predicted molar refractivity (Wildman–Crippen MR) is 122 cm³/mol. The third-order valence-corrected chi connectivity index (χ3v) is 5.82. The highest BCUT2D eigenvalue weighted by Gasteiger charge is 2.28. The molecule has 0 spiro atoms. The second-order valence-corrected chi connectivity index (χ2v) is 8.47. The molecule has 0 amide bonds. The van der Waals surface area contributed by atoms with Crippen LogP contribution in [0, 0.1) is 0 Å². The molecule has 1 atom stereocenters. The molecule has 0 N–H and O–H groups in total. The summed E-state index contributed by atoms with van der Waals surface area (Å²) in [6, 6.07) is 28.8. The van der Waals surface area contributed by atoms with Gasteiger partial charge in [-0.15, -0.1) is 0 Å². The Hall–Kier alpha value is -2.53. The van der Waals surface area contributed by atoms with Gasteiger partial charge in [-0.25, -0.2) is 4.57 Å². The minimum Gasteiger partial charge on any atom is -0.375 e. The molecule has 0 fully saturated rings. The van der Waals surface area contributed by atoms with Crippen LogP contribution in [0.4, 0.5) is 0 Å². The molecule has 6 heteroatoms. The van der Waals surface area contributed by atoms with E-state index in [9.17, 15) is 4.57 Å². The molecule has 0 heterocycles. The molecule has 1 unspecified atom stereocenters. The molecule has 0 aliphatic heterocycles. The van der Waals surface area contributed by atoms with Crippen molar-refractivity contribution < 1.29 is 22.9 Å². The highest BCUT2D eigenvalue weighted by atomic mass is 31.2. The van der Waals surface area contributed by atoms with Crippen LogP contribution in [-0.4, -0.2) is 19.8 Å². The standard InChI is InChI=1S/C25H27O5P/c1-27-25(18-17-22-11-5-2-6-12-22)21-30-31(26,28-19-23-13-7-3-8-14-23)29-20-24-15-9-4-10-16-24/h2-18,25H,19-21H2,1H3/b18-17+. The third-order valence-electron chi connectivity index (χ3n) is 4.47. The topological polar surface area (TPSA) is 54.0 Å². The van der Waals surface area contributed by atoms with Crippen molar-refractivity contribution in [2.45, 2.75) is 19.3 Å². The Balaban J connectivity index is 1.63. The number of methoxy groups -OCH3 is 1. The van der Waals surface area contributed by atoms with Crippen molar-refractivity contribution in [3.05, 3.63) is 114 Å². The summed E-state index contributed by atoms with van der Waals surface area (Å²) in [6.07, 6.45) is 3.38. The fourth-order valence-electron chi connectivity index (χ4n) is 2.72. The number of phosphoric acid groups is 1. The SMILES string of the molecule is COC(/C=C/c1ccccc1)COP(=O)(OCc1ccccc1)OCc1ccccc1. The summed E-state index contributed by atoms with van der Waals surface area (Å²) in [5.74, 6) is 0. The maximum Gasteiger partial charge on any atom is 0.475 e. The quantitative estimate of drug-likeness (QED) is 0.312. The van der Waals surface area contributed by atoms with Crippen LogP contribution in [0.2, 0.25) is 0 Å². The average Bonchev–Trinajstić information content (AvgIpc) is 2.84. The van der Waals surface area contributed by atoms with Crippen molar-refractivity contribution in [3.63, 3.8) is 0 Å². The van der Waals surface area contributed by atoms with Crippen molar-refractivity contribution in [1.29, 1.82) is 0 Å². The summed E-state index contributed by atoms with van der Waals surface area (Å²) in [4.78, 5) is 0. The maximum atomic E-state index is 13.3. The zero-order valence-corrected chi connectivity index (χ0v) is 18.4. The zero-order valence-electron chi connectivity index (χ0n) is 17.5. The van der Waals surface area contributed by atoms with E-state index in [0.29, 0.717) is 0 Å². The smallest absolute Gasteiger partial charge is 0.375 e. The molecular formula is C25H27O5P. The first kappa shape index (κ1) is 23.1. The minimum absolute atomic E-state index is 0.0285. The molecule has 0 saturated carbocycles. The van der Waals surface area contributed by atoms with Crippen molar-refractivity contribution in [1.82, 2.24) is 0 Å². The van der Waals surface area contributed by atoms with Gasteiger partial charge in [0.1, 0.15) is 0 Å². The van der Waals surface area contributed by atoms with Crippen LogP contribution < -0.4 is 0 Å². The average molecular weight is 438 g/mol. The molecule has 3 rings (SSSR count). The van der Waals surface area contributed by atoms with E-state index in [-0.39, 0.29) is 19.8 Å². The first-order chi connectivity index (χ1) is 15.2. The summed E-state index contributed by atoms with van der Waals surface area (Å²) in [7, 11) is -2.25. The van der Waals surface area contributed by atoms with Crippen LogP contribution in [0.5, 0.6) is 0 Å². The van der Waals surface area contributed by atoms with Crippen molar-refractivity contribution in [2.75, 3.05) is 13.7 Å². The van der Waals surface area contributed by atoms with E-state index in [1.54, 1.807) is 7.11 Å². The summed E-state index contributed by atoms with van der Waals surface area (Å²) < 4.78 is 35.7. The number of hydrogen-bond acceptors (Lipinski definition) is 5. The second kappa shape index (κ2) is 12.4. The lowest BCUT2D eigenvalue weighted by Gasteiger charge is -2.20. The Bertz CT molecular complexity index is 913. The summed E-state index contributed by atoms with van der Waals surface area (Å²) in [5, 5.41) is 0. The van der Waals surface area contributed by atoms with Crippen molar-refractivity contribution >= 4 is 13.9 Å². The number of benzene rings is 3. The number of hydrogen-bond donors (Lipinski definition) is 0. The molecule has 162 valence electrons. The van der Waals surface area contributed by atoms with E-state index in [1.807, 2.05) is 103 Å². The highest BCUT2D eigenvalue weighted by Crippen LogP contribution is 2.51. The van der Waals surface area contributed by atoms with Gasteiger partial charge in [-0.2, -0.15) is 0 Å². The fourth-order valence-corrected chi connectivity index (χ4v) is 3.88. The summed E-state index contributed by atoms with van der Waals surface area (Å²) >= 11 is 0. The number of ether oxygens (including phenoxy) is 1. The first-order valence-corrected chi connectivity index (χ1v) is 11.5. The minimum atomic E-state index is -3.83. The van der Waals surface area contributed by atoms with Gasteiger partial charge in [-0.1, -0.05) is 103 Å². The molecule has 0 saturated heterocycles. The molecule has 31 heavy (non-hydrogen) atoms. The lowest BCUT2D eigenvalue weighted by Crippen LogP contribution is -2.16. The van der Waals surface area contributed by atoms with Crippen LogP contribution in [0.25, 0.3) is 6.08 Å². The Labute approximate surface area is 183 Å². The van der Waals surface area contributed by atoms with Crippen LogP contribution in [0.3, 0.4) is 0 Å². The Kier molecular flexibility index (Phi) is 9.22. The van der Waals surface area contributed by atoms with E-state index in [0.717, 1.165) is 16.7 Å². The van der Waals surface area contributed by atoms with E-state index >= 15 is 0 Å². The van der Waals surface area contributed by atoms with Gasteiger partial charge in [0.25, 0.3) is 0 Å². The largest absolute Gasteiger partial charge is 0.475 e. The first-order valence-electron chi connectivity index (χ1n) is 10.0. The molecular weight excluding hydrogens is 411 g/mol. The van der Waals surface area contributed by atoms with Gasteiger partial charge in [0.15, 0.2) is 0 Å². The van der Waals surface area contributed by atoms with Gasteiger partial charge in [-0.3, -0.25) is 13.6 Å². The molecule has 0 aromatic heterocycles. The van der Waals surface area contributed by atoms with E-state index in [1.165, 1.54) is 0 Å². The molecule has 0 aliphatic rings. The van der Waals surface area contributed by atoms with Crippen LogP contribution >= 0.6 is 7.82 Å². The van der Waals surface area contributed by atoms with Gasteiger partial charge in [0.2, 0.25) is 0 Å². The number of rotatable bonds is 12. The van der Waals surface area contributed by atoms with Gasteiger partial charge < -0.3 is 4.74 Å². The summed E-state index contributed by atoms with van der Waals surface area (Å²) in [5.41, 5.74) is 2.79. The molecule has 0 bridgehead atoms. The molecule has 0 radical (unpaired) electrons. The zero-order chi connectivity index (χ0) is 21.8. The van der Waals surface area contributed by atoms with Crippen molar-refractivity contribution in [2.24, 2.45) is 0 Å². The summed E-state index contributed by atoms with van der Waals surface area (Å²) in [6.45, 7) is 0.259. The van der Waals surface area contributed by atoms with Crippen LogP contribution in [-0.2, 0) is 36.1 Å². The molecule has 5 nitrogen and oxygen atoms in total. The van der Waals surface area contributed by atoms with Crippen LogP contribution in [0.1, 0.15) is 16.7 Å². The lowest BCUT2D eigenvalue weighted by atomic mass is 10.2. The van der Waals surface area contributed by atoms with E-state index in [4.69, 9.17) is 18.3 Å². The van der Waals surface area contributed by atoms with E-state index in [2.05, 4.69) is 0 Å². The van der Waals surface area contributed by atoms with Gasteiger partial charge in [0, 0.05) is 7.11 Å². The normalized spacial score (nSPS) is 12.8. The van der Waals surface area contributed by atoms with E-state index < -0.39 is 13.9 Å². The van der Waals surface area contributed by atoms with Gasteiger partial charge in [-0.05, 0) is 16.7 Å². The second-order valence-electron chi connectivity index (χ2n) is 6.81. The third kappa shape index (κ3) is 8.25. The molecule has 3 aromatic carbocycles. The lowest BCUT2D eigenvalue weighted by molar-refractivity contribution is 0.0505. The van der Waals surface area contributed by atoms with Gasteiger partial charge >= 0.3 is 7.82 Å². The predicted octanol–water partition coefficient (Wildman–Crippen LogP) is 6.27. The Morgan fingerprint density at radius 2 is 1.23 bits per heavy atom.